The lowest BCUT2D eigenvalue weighted by Crippen LogP contribution is -2.44. The number of benzene rings is 2. The first kappa shape index (κ1) is 17.7. The van der Waals surface area contributed by atoms with Crippen molar-refractivity contribution < 1.29 is 14.3 Å². The first-order chi connectivity index (χ1) is 13.9. The van der Waals surface area contributed by atoms with E-state index in [1.807, 2.05) is 36.1 Å². The Balaban J connectivity index is 1.55. The number of carbonyl (C=O) groups excluding carboxylic acids is 2. The number of nitrogens with two attached hydrogens (primary N) is 1. The SMILES string of the molecule is CNC(=O)C1(CN2Cc3c(-c4ccc5cnn(C)c5c4)ccc(N)c3C2=O)CO1. The summed E-state index contributed by atoms with van der Waals surface area (Å²) in [5.41, 5.74) is 10.0. The molecule has 0 saturated carbocycles. The zero-order chi connectivity index (χ0) is 20.3. The Morgan fingerprint density at radius 1 is 1.34 bits per heavy atom. The third kappa shape index (κ3) is 2.60. The van der Waals surface area contributed by atoms with E-state index in [-0.39, 0.29) is 18.4 Å². The monoisotopic (exact) mass is 391 g/mol. The number of anilines is 1. The molecule has 8 heteroatoms. The molecule has 1 fully saturated rings. The molecular formula is C21H21N5O3. The number of aromatic nitrogens is 2. The number of epoxide rings is 1. The fraction of sp³-hybridized carbons (Fsp3) is 0.286. The zero-order valence-corrected chi connectivity index (χ0v) is 16.2. The lowest BCUT2D eigenvalue weighted by Gasteiger charge is -2.20. The van der Waals surface area contributed by atoms with Gasteiger partial charge in [0.15, 0.2) is 5.60 Å². The molecule has 1 unspecified atom stereocenters. The van der Waals surface area contributed by atoms with Gasteiger partial charge in [-0.25, -0.2) is 0 Å². The molecule has 3 N–H and O–H groups in total. The average molecular weight is 391 g/mol. The van der Waals surface area contributed by atoms with Gasteiger partial charge in [0.05, 0.1) is 30.4 Å². The maximum absolute atomic E-state index is 13.1. The van der Waals surface area contributed by atoms with E-state index in [9.17, 15) is 9.59 Å². The topological polar surface area (TPSA) is 106 Å². The second-order valence-corrected chi connectivity index (χ2v) is 7.62. The third-order valence-corrected chi connectivity index (χ3v) is 5.84. The number of carbonyl (C=O) groups is 2. The Morgan fingerprint density at radius 2 is 2.14 bits per heavy atom. The Labute approximate surface area is 167 Å². The van der Waals surface area contributed by atoms with Crippen LogP contribution in [-0.2, 0) is 23.1 Å². The fourth-order valence-electron chi connectivity index (χ4n) is 4.13. The highest BCUT2D eigenvalue weighted by atomic mass is 16.6. The Hall–Kier alpha value is -3.39. The molecule has 3 heterocycles. The molecule has 2 aromatic carbocycles. The number of rotatable bonds is 4. The summed E-state index contributed by atoms with van der Waals surface area (Å²) in [6, 6.07) is 9.83. The molecule has 0 bridgehead atoms. The number of aryl methyl sites for hydroxylation is 1. The normalized spacial score (nSPS) is 20.2. The molecule has 29 heavy (non-hydrogen) atoms. The fourth-order valence-corrected chi connectivity index (χ4v) is 4.13. The molecule has 148 valence electrons. The van der Waals surface area contributed by atoms with Crippen LogP contribution < -0.4 is 11.1 Å². The predicted octanol–water partition coefficient (Wildman–Crippen LogP) is 1.29. The molecule has 1 atom stereocenters. The molecule has 2 aliphatic rings. The van der Waals surface area contributed by atoms with Gasteiger partial charge in [0.25, 0.3) is 11.8 Å². The largest absolute Gasteiger partial charge is 0.398 e. The van der Waals surface area contributed by atoms with Crippen LogP contribution in [0.2, 0.25) is 0 Å². The van der Waals surface area contributed by atoms with Crippen LogP contribution in [0.15, 0.2) is 36.5 Å². The summed E-state index contributed by atoms with van der Waals surface area (Å²) in [4.78, 5) is 26.9. The highest BCUT2D eigenvalue weighted by Gasteiger charge is 2.54. The lowest BCUT2D eigenvalue weighted by atomic mass is 9.95. The molecule has 8 nitrogen and oxygen atoms in total. The number of likely N-dealkylation sites (N-methyl/N-ethyl adjacent to an activating group) is 1. The minimum Gasteiger partial charge on any atom is -0.398 e. The van der Waals surface area contributed by atoms with E-state index in [2.05, 4.69) is 16.5 Å². The van der Waals surface area contributed by atoms with Crippen LogP contribution in [0.1, 0.15) is 15.9 Å². The first-order valence-corrected chi connectivity index (χ1v) is 9.42. The van der Waals surface area contributed by atoms with Crippen molar-refractivity contribution in [3.63, 3.8) is 0 Å². The average Bonchev–Trinajstić information content (AvgIpc) is 3.31. The summed E-state index contributed by atoms with van der Waals surface area (Å²) in [7, 11) is 3.47. The third-order valence-electron chi connectivity index (χ3n) is 5.84. The van der Waals surface area contributed by atoms with Crippen LogP contribution in [0.4, 0.5) is 5.69 Å². The summed E-state index contributed by atoms with van der Waals surface area (Å²) >= 11 is 0. The number of hydrogen-bond donors (Lipinski definition) is 2. The lowest BCUT2D eigenvalue weighted by molar-refractivity contribution is -0.126. The quantitative estimate of drug-likeness (QED) is 0.515. The number of nitrogen functional groups attached to an aromatic ring is 1. The van der Waals surface area contributed by atoms with Crippen molar-refractivity contribution in [1.29, 1.82) is 0 Å². The molecule has 2 aliphatic heterocycles. The van der Waals surface area contributed by atoms with Gasteiger partial charge in [-0.1, -0.05) is 18.2 Å². The number of nitrogens with zero attached hydrogens (tertiary/aromatic N) is 3. The van der Waals surface area contributed by atoms with Crippen molar-refractivity contribution in [3.8, 4) is 11.1 Å². The van der Waals surface area contributed by atoms with Crippen LogP contribution in [0.5, 0.6) is 0 Å². The molecule has 2 amide bonds. The molecular weight excluding hydrogens is 370 g/mol. The van der Waals surface area contributed by atoms with E-state index in [0.717, 1.165) is 27.6 Å². The molecule has 5 rings (SSSR count). The first-order valence-electron chi connectivity index (χ1n) is 9.42. The molecule has 0 spiro atoms. The number of hydrogen-bond acceptors (Lipinski definition) is 5. The van der Waals surface area contributed by atoms with Gasteiger partial charge >= 0.3 is 0 Å². The van der Waals surface area contributed by atoms with Crippen molar-refractivity contribution in [2.24, 2.45) is 7.05 Å². The summed E-state index contributed by atoms with van der Waals surface area (Å²) in [5, 5.41) is 7.96. The summed E-state index contributed by atoms with van der Waals surface area (Å²) in [6.07, 6.45) is 1.83. The second kappa shape index (κ2) is 6.05. The van der Waals surface area contributed by atoms with Gasteiger partial charge in [-0.2, -0.15) is 5.10 Å². The van der Waals surface area contributed by atoms with Crippen molar-refractivity contribution in [1.82, 2.24) is 20.0 Å². The smallest absolute Gasteiger partial charge is 0.256 e. The van der Waals surface area contributed by atoms with Crippen LogP contribution in [-0.4, -0.2) is 52.3 Å². The Kier molecular flexibility index (Phi) is 3.69. The maximum atomic E-state index is 13.1. The molecule has 3 aromatic rings. The molecule has 0 radical (unpaired) electrons. The van der Waals surface area contributed by atoms with Gasteiger partial charge in [0, 0.05) is 31.7 Å². The zero-order valence-electron chi connectivity index (χ0n) is 16.2. The van der Waals surface area contributed by atoms with Crippen molar-refractivity contribution in [2.75, 3.05) is 25.9 Å². The van der Waals surface area contributed by atoms with Gasteiger partial charge in [0.2, 0.25) is 0 Å². The van der Waals surface area contributed by atoms with E-state index in [0.29, 0.717) is 24.4 Å². The predicted molar refractivity (Wildman–Crippen MR) is 108 cm³/mol. The Bertz CT molecular complexity index is 1180. The van der Waals surface area contributed by atoms with E-state index in [4.69, 9.17) is 10.5 Å². The van der Waals surface area contributed by atoms with Gasteiger partial charge in [0.1, 0.15) is 0 Å². The van der Waals surface area contributed by atoms with Crippen molar-refractivity contribution >= 4 is 28.4 Å². The van der Waals surface area contributed by atoms with Crippen LogP contribution in [0, 0.1) is 0 Å². The van der Waals surface area contributed by atoms with Crippen molar-refractivity contribution in [2.45, 2.75) is 12.1 Å². The summed E-state index contributed by atoms with van der Waals surface area (Å²) < 4.78 is 7.23. The highest BCUT2D eigenvalue weighted by Crippen LogP contribution is 2.39. The van der Waals surface area contributed by atoms with E-state index >= 15 is 0 Å². The minimum absolute atomic E-state index is 0.167. The maximum Gasteiger partial charge on any atom is 0.256 e. The standard InChI is InChI=1S/C21H21N5O3/c1-23-20(28)21(11-29-21)10-26-9-15-14(5-6-16(22)18(15)19(26)27)12-3-4-13-8-24-25(2)17(13)7-12/h3-8H,9-11,22H2,1-2H3,(H,23,28). The van der Waals surface area contributed by atoms with Gasteiger partial charge in [-0.05, 0) is 28.8 Å². The van der Waals surface area contributed by atoms with E-state index in [1.165, 1.54) is 0 Å². The number of nitrogens with one attached hydrogen (secondary N) is 1. The number of amides is 2. The number of ether oxygens (including phenoxy) is 1. The summed E-state index contributed by atoms with van der Waals surface area (Å²) in [5.74, 6) is -0.379. The van der Waals surface area contributed by atoms with E-state index < -0.39 is 5.60 Å². The van der Waals surface area contributed by atoms with Crippen LogP contribution in [0.25, 0.3) is 22.0 Å². The molecule has 0 aliphatic carbocycles. The molecule has 1 aromatic heterocycles. The molecule has 1 saturated heterocycles. The summed E-state index contributed by atoms with van der Waals surface area (Å²) in [6.45, 7) is 0.909. The van der Waals surface area contributed by atoms with Crippen LogP contribution in [0.3, 0.4) is 0 Å². The highest BCUT2D eigenvalue weighted by molar-refractivity contribution is 6.06. The van der Waals surface area contributed by atoms with Gasteiger partial charge in [-0.3, -0.25) is 14.3 Å². The minimum atomic E-state index is -0.949. The van der Waals surface area contributed by atoms with E-state index in [1.54, 1.807) is 18.0 Å². The van der Waals surface area contributed by atoms with Crippen molar-refractivity contribution in [3.05, 3.63) is 47.7 Å². The van der Waals surface area contributed by atoms with Crippen LogP contribution >= 0.6 is 0 Å². The van der Waals surface area contributed by atoms with Gasteiger partial charge < -0.3 is 20.7 Å². The Morgan fingerprint density at radius 3 is 2.86 bits per heavy atom. The van der Waals surface area contributed by atoms with Gasteiger partial charge in [-0.15, -0.1) is 0 Å². The number of fused-ring (bicyclic) bond motifs is 2. The second-order valence-electron chi connectivity index (χ2n) is 7.62.